The monoisotopic (exact) mass is 281 g/mol. The van der Waals surface area contributed by atoms with Crippen molar-refractivity contribution in [3.63, 3.8) is 0 Å². The third-order valence-corrected chi connectivity index (χ3v) is 2.54. The lowest BCUT2D eigenvalue weighted by Crippen LogP contribution is -2.09. The maximum absolute atomic E-state index is 12.6. The molecule has 0 radical (unpaired) electrons. The topological polar surface area (TPSA) is 64.9 Å². The highest BCUT2D eigenvalue weighted by Gasteiger charge is 2.30. The third-order valence-electron chi connectivity index (χ3n) is 2.54. The summed E-state index contributed by atoms with van der Waals surface area (Å²) in [6.45, 7) is 0. The average Bonchev–Trinajstić information content (AvgIpc) is 2.88. The Bertz CT molecular complexity index is 643. The van der Waals surface area contributed by atoms with Crippen LogP contribution < -0.4 is 5.73 Å². The fraction of sp³-hybridized carbons (Fsp3) is 0.231. The zero-order chi connectivity index (χ0) is 14.8. The van der Waals surface area contributed by atoms with Gasteiger partial charge in [0.25, 0.3) is 0 Å². The van der Waals surface area contributed by atoms with E-state index < -0.39 is 17.8 Å². The maximum Gasteiger partial charge on any atom is 0.416 e. The highest BCUT2D eigenvalue weighted by Crippen LogP contribution is 2.31. The van der Waals surface area contributed by atoms with Crippen molar-refractivity contribution >= 4 is 0 Å². The van der Waals surface area contributed by atoms with Crippen molar-refractivity contribution in [3.8, 4) is 23.7 Å². The third kappa shape index (κ3) is 2.97. The molecule has 0 saturated heterocycles. The maximum atomic E-state index is 12.6. The predicted octanol–water partition coefficient (Wildman–Crippen LogP) is 2.78. The second-order valence-electron chi connectivity index (χ2n) is 4.05. The molecule has 0 saturated carbocycles. The quantitative estimate of drug-likeness (QED) is 0.879. The van der Waals surface area contributed by atoms with Crippen molar-refractivity contribution in [3.05, 3.63) is 35.7 Å². The number of nitrogens with zero attached hydrogens (tertiary/aromatic N) is 2. The van der Waals surface area contributed by atoms with Gasteiger partial charge in [0.2, 0.25) is 11.7 Å². The van der Waals surface area contributed by atoms with E-state index in [1.807, 2.05) is 0 Å². The Morgan fingerprint density at radius 2 is 2.15 bits per heavy atom. The van der Waals surface area contributed by atoms with E-state index >= 15 is 0 Å². The lowest BCUT2D eigenvalue weighted by atomic mass is 10.1. The first-order valence-corrected chi connectivity index (χ1v) is 5.62. The van der Waals surface area contributed by atoms with Gasteiger partial charge in [0.15, 0.2) is 0 Å². The van der Waals surface area contributed by atoms with E-state index in [9.17, 15) is 13.2 Å². The standard InChI is InChI=1S/C13H10F3N3O/c1-2-4-10(17)12-18-11(19-20-12)8-5-3-6-9(7-8)13(14,15)16/h1,3,5-7,10H,4,17H2. The Labute approximate surface area is 112 Å². The van der Waals surface area contributed by atoms with Crippen LogP contribution >= 0.6 is 0 Å². The molecule has 2 rings (SSSR count). The highest BCUT2D eigenvalue weighted by atomic mass is 19.4. The summed E-state index contributed by atoms with van der Waals surface area (Å²) < 4.78 is 42.7. The predicted molar refractivity (Wildman–Crippen MR) is 65.1 cm³/mol. The minimum absolute atomic E-state index is 0.0403. The molecular formula is C13H10F3N3O. The summed E-state index contributed by atoms with van der Waals surface area (Å²) in [5.74, 6) is 2.48. The van der Waals surface area contributed by atoms with Crippen molar-refractivity contribution in [2.24, 2.45) is 5.73 Å². The van der Waals surface area contributed by atoms with Crippen LogP contribution in [0.25, 0.3) is 11.4 Å². The Morgan fingerprint density at radius 3 is 2.80 bits per heavy atom. The van der Waals surface area contributed by atoms with Crippen LogP contribution in [-0.2, 0) is 6.18 Å². The Balaban J connectivity index is 2.31. The first-order chi connectivity index (χ1) is 9.41. The largest absolute Gasteiger partial charge is 0.416 e. The summed E-state index contributed by atoms with van der Waals surface area (Å²) in [7, 11) is 0. The summed E-state index contributed by atoms with van der Waals surface area (Å²) in [4.78, 5) is 3.96. The van der Waals surface area contributed by atoms with Crippen LogP contribution in [-0.4, -0.2) is 10.1 Å². The van der Waals surface area contributed by atoms with E-state index in [4.69, 9.17) is 16.7 Å². The first kappa shape index (κ1) is 14.1. The molecule has 0 fully saturated rings. The van der Waals surface area contributed by atoms with Crippen molar-refractivity contribution in [1.29, 1.82) is 0 Å². The van der Waals surface area contributed by atoms with Gasteiger partial charge in [0.1, 0.15) is 0 Å². The summed E-state index contributed by atoms with van der Waals surface area (Å²) in [5, 5.41) is 3.61. The van der Waals surface area contributed by atoms with Gasteiger partial charge < -0.3 is 10.3 Å². The zero-order valence-corrected chi connectivity index (χ0v) is 10.2. The number of alkyl halides is 3. The fourth-order valence-electron chi connectivity index (χ4n) is 1.55. The van der Waals surface area contributed by atoms with Gasteiger partial charge in [-0.25, -0.2) is 0 Å². The summed E-state index contributed by atoms with van der Waals surface area (Å²) in [6, 6.07) is 4.01. The molecule has 1 heterocycles. The molecule has 20 heavy (non-hydrogen) atoms. The van der Waals surface area contributed by atoms with Gasteiger partial charge >= 0.3 is 6.18 Å². The molecule has 0 bridgehead atoms. The van der Waals surface area contributed by atoms with Crippen LogP contribution in [0.2, 0.25) is 0 Å². The highest BCUT2D eigenvalue weighted by molar-refractivity contribution is 5.55. The molecule has 0 aliphatic carbocycles. The lowest BCUT2D eigenvalue weighted by molar-refractivity contribution is -0.137. The number of nitrogens with two attached hydrogens (primary N) is 1. The van der Waals surface area contributed by atoms with Gasteiger partial charge in [-0.15, -0.1) is 12.3 Å². The van der Waals surface area contributed by atoms with Crippen LogP contribution in [0.1, 0.15) is 23.9 Å². The number of aromatic nitrogens is 2. The van der Waals surface area contributed by atoms with Crippen LogP contribution in [0, 0.1) is 12.3 Å². The van der Waals surface area contributed by atoms with Gasteiger partial charge in [-0.2, -0.15) is 18.2 Å². The van der Waals surface area contributed by atoms with Crippen LogP contribution in [0.4, 0.5) is 13.2 Å². The van der Waals surface area contributed by atoms with Crippen molar-refractivity contribution in [1.82, 2.24) is 10.1 Å². The number of rotatable bonds is 3. The van der Waals surface area contributed by atoms with Gasteiger partial charge in [0, 0.05) is 12.0 Å². The molecule has 7 heteroatoms. The van der Waals surface area contributed by atoms with Crippen LogP contribution in [0.15, 0.2) is 28.8 Å². The number of terminal acetylenes is 1. The van der Waals surface area contributed by atoms with E-state index in [2.05, 4.69) is 16.1 Å². The Morgan fingerprint density at radius 1 is 1.40 bits per heavy atom. The number of hydrogen-bond donors (Lipinski definition) is 1. The van der Waals surface area contributed by atoms with E-state index in [0.717, 1.165) is 12.1 Å². The first-order valence-electron chi connectivity index (χ1n) is 5.62. The Hall–Kier alpha value is -2.33. The molecule has 0 aliphatic heterocycles. The summed E-state index contributed by atoms with van der Waals surface area (Å²) in [5.41, 5.74) is 5.09. The molecular weight excluding hydrogens is 271 g/mol. The van der Waals surface area contributed by atoms with Gasteiger partial charge in [-0.3, -0.25) is 0 Å². The second kappa shape index (κ2) is 5.35. The van der Waals surface area contributed by atoms with Crippen molar-refractivity contribution in [2.75, 3.05) is 0 Å². The summed E-state index contributed by atoms with van der Waals surface area (Å²) >= 11 is 0. The van der Waals surface area contributed by atoms with Gasteiger partial charge in [-0.1, -0.05) is 17.3 Å². The Kier molecular flexibility index (Phi) is 3.77. The molecule has 0 amide bonds. The zero-order valence-electron chi connectivity index (χ0n) is 10.2. The molecule has 4 nitrogen and oxygen atoms in total. The van der Waals surface area contributed by atoms with E-state index in [-0.39, 0.29) is 23.7 Å². The normalized spacial score (nSPS) is 12.9. The summed E-state index contributed by atoms with van der Waals surface area (Å²) in [6.07, 6.45) is 0.878. The van der Waals surface area contributed by atoms with Crippen molar-refractivity contribution in [2.45, 2.75) is 18.6 Å². The molecule has 2 N–H and O–H groups in total. The number of halogens is 3. The molecule has 1 unspecified atom stereocenters. The van der Waals surface area contributed by atoms with Gasteiger partial charge in [-0.05, 0) is 12.1 Å². The smallest absolute Gasteiger partial charge is 0.337 e. The van der Waals surface area contributed by atoms with E-state index in [1.165, 1.54) is 12.1 Å². The molecule has 1 aromatic heterocycles. The molecule has 1 aromatic carbocycles. The SMILES string of the molecule is C#CCC(N)c1nc(-c2cccc(C(F)(F)F)c2)no1. The number of hydrogen-bond acceptors (Lipinski definition) is 4. The minimum Gasteiger partial charge on any atom is -0.337 e. The van der Waals surface area contributed by atoms with Crippen LogP contribution in [0.5, 0.6) is 0 Å². The van der Waals surface area contributed by atoms with Gasteiger partial charge in [0.05, 0.1) is 11.6 Å². The fourth-order valence-corrected chi connectivity index (χ4v) is 1.55. The number of benzene rings is 1. The molecule has 104 valence electrons. The molecule has 2 aromatic rings. The van der Waals surface area contributed by atoms with Crippen molar-refractivity contribution < 1.29 is 17.7 Å². The lowest BCUT2D eigenvalue weighted by Gasteiger charge is -2.06. The molecule has 0 spiro atoms. The minimum atomic E-state index is -4.43. The molecule has 1 atom stereocenters. The van der Waals surface area contributed by atoms with E-state index in [1.54, 1.807) is 0 Å². The molecule has 0 aliphatic rings. The van der Waals surface area contributed by atoms with E-state index in [0.29, 0.717) is 0 Å². The average molecular weight is 281 g/mol. The second-order valence-corrected chi connectivity index (χ2v) is 4.05. The van der Waals surface area contributed by atoms with Crippen LogP contribution in [0.3, 0.4) is 0 Å².